The molecule has 0 radical (unpaired) electrons. The second-order valence-corrected chi connectivity index (χ2v) is 5.85. The van der Waals surface area contributed by atoms with Crippen LogP contribution in [0.5, 0.6) is 0 Å². The van der Waals surface area contributed by atoms with Crippen molar-refractivity contribution in [2.45, 2.75) is 32.7 Å². The van der Waals surface area contributed by atoms with Crippen molar-refractivity contribution in [3.8, 4) is 0 Å². The van der Waals surface area contributed by atoms with Crippen LogP contribution in [-0.2, 0) is 0 Å². The molecule has 1 heterocycles. The van der Waals surface area contributed by atoms with E-state index in [1.165, 1.54) is 19.4 Å². The molecule has 1 rings (SSSR count). The number of nitrogens with one attached hydrogen (secondary N) is 1. The topological polar surface area (TPSA) is 28.2 Å². The number of halogens is 1. The van der Waals surface area contributed by atoms with Crippen molar-refractivity contribution >= 4 is 32.4 Å². The summed E-state index contributed by atoms with van der Waals surface area (Å²) >= 11 is 4.98. The molecular formula is C11H20BrN3S. The molecule has 0 amide bonds. The molecule has 0 saturated carbocycles. The highest BCUT2D eigenvalue weighted by molar-refractivity contribution is 9.10. The van der Waals surface area contributed by atoms with Crippen molar-refractivity contribution in [1.82, 2.24) is 9.88 Å². The Kier molecular flexibility index (Phi) is 6.31. The molecule has 0 aliphatic heterocycles. The van der Waals surface area contributed by atoms with E-state index in [9.17, 15) is 0 Å². The number of thiazole rings is 1. The third kappa shape index (κ3) is 5.27. The Bertz CT molecular complexity index is 301. The molecule has 1 N–H and O–H groups in total. The molecule has 0 aromatic carbocycles. The van der Waals surface area contributed by atoms with Gasteiger partial charge in [0.1, 0.15) is 4.60 Å². The maximum absolute atomic E-state index is 4.29. The molecule has 0 unspecified atom stereocenters. The van der Waals surface area contributed by atoms with Gasteiger partial charge in [-0.05, 0) is 56.2 Å². The van der Waals surface area contributed by atoms with Gasteiger partial charge < -0.3 is 10.2 Å². The zero-order chi connectivity index (χ0) is 12.0. The average molecular weight is 306 g/mol. The molecule has 0 atom stereocenters. The van der Waals surface area contributed by atoms with Crippen LogP contribution in [0.3, 0.4) is 0 Å². The van der Waals surface area contributed by atoms with Crippen LogP contribution in [0.15, 0.2) is 9.98 Å². The molecule has 5 heteroatoms. The van der Waals surface area contributed by atoms with Crippen molar-refractivity contribution in [2.24, 2.45) is 0 Å². The molecule has 92 valence electrons. The van der Waals surface area contributed by atoms with Crippen LogP contribution >= 0.6 is 27.3 Å². The summed E-state index contributed by atoms with van der Waals surface area (Å²) in [7, 11) is 2.18. The van der Waals surface area contributed by atoms with Crippen molar-refractivity contribution in [2.75, 3.05) is 25.5 Å². The van der Waals surface area contributed by atoms with E-state index in [1.807, 2.05) is 5.38 Å². The van der Waals surface area contributed by atoms with Gasteiger partial charge in [0, 0.05) is 18.0 Å². The Labute approximate surface area is 110 Å². The van der Waals surface area contributed by atoms with Crippen LogP contribution in [0.25, 0.3) is 0 Å². The first kappa shape index (κ1) is 13.9. The zero-order valence-electron chi connectivity index (χ0n) is 10.2. The second kappa shape index (κ2) is 7.25. The predicted molar refractivity (Wildman–Crippen MR) is 75.3 cm³/mol. The van der Waals surface area contributed by atoms with Gasteiger partial charge in [-0.15, -0.1) is 11.3 Å². The van der Waals surface area contributed by atoms with Gasteiger partial charge in [-0.1, -0.05) is 0 Å². The summed E-state index contributed by atoms with van der Waals surface area (Å²) < 4.78 is 0.916. The van der Waals surface area contributed by atoms with E-state index >= 15 is 0 Å². The number of aromatic nitrogens is 1. The number of anilines is 1. The Hall–Kier alpha value is -0.130. The number of unbranched alkanes of at least 4 members (excludes halogenated alkanes) is 1. The fourth-order valence-corrected chi connectivity index (χ4v) is 2.45. The van der Waals surface area contributed by atoms with Crippen molar-refractivity contribution in [3.05, 3.63) is 9.98 Å². The van der Waals surface area contributed by atoms with Crippen molar-refractivity contribution < 1.29 is 0 Å². The van der Waals surface area contributed by atoms with Crippen molar-refractivity contribution in [1.29, 1.82) is 0 Å². The summed E-state index contributed by atoms with van der Waals surface area (Å²) in [6, 6.07) is 0.642. The lowest BCUT2D eigenvalue weighted by Gasteiger charge is -2.20. The van der Waals surface area contributed by atoms with Crippen molar-refractivity contribution in [3.63, 3.8) is 0 Å². The lowest BCUT2D eigenvalue weighted by molar-refractivity contribution is 0.269. The van der Waals surface area contributed by atoms with E-state index in [-0.39, 0.29) is 0 Å². The minimum absolute atomic E-state index is 0.642. The van der Waals surface area contributed by atoms with Crippen LogP contribution in [0.1, 0.15) is 26.7 Å². The quantitative estimate of drug-likeness (QED) is 0.782. The Morgan fingerprint density at radius 3 is 2.81 bits per heavy atom. The summed E-state index contributed by atoms with van der Waals surface area (Å²) in [5.74, 6) is 0. The molecule has 0 fully saturated rings. The molecule has 0 saturated heterocycles. The summed E-state index contributed by atoms with van der Waals surface area (Å²) in [6.45, 7) is 6.63. The summed E-state index contributed by atoms with van der Waals surface area (Å²) in [4.78, 5) is 6.66. The van der Waals surface area contributed by atoms with Gasteiger partial charge >= 0.3 is 0 Å². The van der Waals surface area contributed by atoms with Crippen LogP contribution in [0.2, 0.25) is 0 Å². The Balaban J connectivity index is 2.04. The number of hydrogen-bond donors (Lipinski definition) is 1. The van der Waals surface area contributed by atoms with E-state index in [0.29, 0.717) is 6.04 Å². The standard InChI is InChI=1S/C11H20BrN3S/c1-9(2)15(3)7-5-4-6-13-11-14-10(12)8-16-11/h8-9H,4-7H2,1-3H3,(H,13,14). The number of hydrogen-bond acceptors (Lipinski definition) is 4. The lowest BCUT2D eigenvalue weighted by atomic mass is 10.2. The van der Waals surface area contributed by atoms with Crippen LogP contribution < -0.4 is 5.32 Å². The molecule has 0 bridgehead atoms. The van der Waals surface area contributed by atoms with Gasteiger partial charge in [-0.2, -0.15) is 0 Å². The predicted octanol–water partition coefficient (Wildman–Crippen LogP) is 3.44. The highest BCUT2D eigenvalue weighted by atomic mass is 79.9. The van der Waals surface area contributed by atoms with Gasteiger partial charge in [0.2, 0.25) is 0 Å². The SMILES string of the molecule is CC(C)N(C)CCCCNc1nc(Br)cs1. The molecule has 0 aliphatic rings. The third-order valence-corrected chi connectivity index (χ3v) is 4.08. The minimum Gasteiger partial charge on any atom is -0.361 e. The molecule has 1 aromatic rings. The van der Waals surface area contributed by atoms with E-state index in [2.05, 4.69) is 52.0 Å². The van der Waals surface area contributed by atoms with Gasteiger partial charge in [-0.3, -0.25) is 0 Å². The largest absolute Gasteiger partial charge is 0.361 e. The number of nitrogens with zero attached hydrogens (tertiary/aromatic N) is 2. The van der Waals surface area contributed by atoms with E-state index in [4.69, 9.17) is 0 Å². The summed E-state index contributed by atoms with van der Waals surface area (Å²) in [5.41, 5.74) is 0. The molecule has 0 spiro atoms. The van der Waals surface area contributed by atoms with Gasteiger partial charge in [0.25, 0.3) is 0 Å². The monoisotopic (exact) mass is 305 g/mol. The smallest absolute Gasteiger partial charge is 0.183 e. The van der Waals surface area contributed by atoms with Crippen LogP contribution in [0.4, 0.5) is 5.13 Å². The fourth-order valence-electron chi connectivity index (χ4n) is 1.28. The first-order valence-electron chi connectivity index (χ1n) is 5.64. The normalized spacial score (nSPS) is 11.4. The van der Waals surface area contributed by atoms with Gasteiger partial charge in [0.15, 0.2) is 5.13 Å². The molecule has 16 heavy (non-hydrogen) atoms. The van der Waals surface area contributed by atoms with E-state index in [0.717, 1.165) is 16.3 Å². The molecule has 3 nitrogen and oxygen atoms in total. The van der Waals surface area contributed by atoms with Gasteiger partial charge in [0.05, 0.1) is 0 Å². The highest BCUT2D eigenvalue weighted by Crippen LogP contribution is 2.19. The maximum atomic E-state index is 4.29. The molecule has 1 aromatic heterocycles. The minimum atomic E-state index is 0.642. The number of rotatable bonds is 7. The first-order valence-corrected chi connectivity index (χ1v) is 7.32. The summed E-state index contributed by atoms with van der Waals surface area (Å²) in [5, 5.41) is 6.33. The fraction of sp³-hybridized carbons (Fsp3) is 0.727. The third-order valence-electron chi connectivity index (χ3n) is 2.57. The summed E-state index contributed by atoms with van der Waals surface area (Å²) in [6.07, 6.45) is 2.42. The lowest BCUT2D eigenvalue weighted by Crippen LogP contribution is -2.27. The highest BCUT2D eigenvalue weighted by Gasteiger charge is 2.02. The average Bonchev–Trinajstić information content (AvgIpc) is 2.63. The Morgan fingerprint density at radius 2 is 2.25 bits per heavy atom. The van der Waals surface area contributed by atoms with Crippen LogP contribution in [-0.4, -0.2) is 36.1 Å². The van der Waals surface area contributed by atoms with Crippen LogP contribution in [0, 0.1) is 0 Å². The Morgan fingerprint density at radius 1 is 1.50 bits per heavy atom. The molecule has 0 aliphatic carbocycles. The molecular weight excluding hydrogens is 286 g/mol. The second-order valence-electron chi connectivity index (χ2n) is 4.18. The van der Waals surface area contributed by atoms with Gasteiger partial charge in [-0.25, -0.2) is 4.98 Å². The van der Waals surface area contributed by atoms with E-state index < -0.39 is 0 Å². The zero-order valence-corrected chi connectivity index (χ0v) is 12.6. The first-order chi connectivity index (χ1) is 7.59. The maximum Gasteiger partial charge on any atom is 0.183 e. The van der Waals surface area contributed by atoms with E-state index in [1.54, 1.807) is 11.3 Å².